The molecule has 422 valence electrons. The van der Waals surface area contributed by atoms with Crippen LogP contribution in [0.3, 0.4) is 0 Å². The number of nitrogens with zero attached hydrogens (tertiary/aromatic N) is 1. The predicted molar refractivity (Wildman–Crippen MR) is 276 cm³/mol. The molecule has 0 bridgehead atoms. The summed E-state index contributed by atoms with van der Waals surface area (Å²) in [6.07, 6.45) is -1.73. The molecule has 13 N–H and O–H groups in total. The molecular weight excluding hydrogens is 981 g/mol. The summed E-state index contributed by atoms with van der Waals surface area (Å²) in [5.74, 6) is -8.44. The summed E-state index contributed by atoms with van der Waals surface area (Å²) in [6.45, 7) is 22.0. The second kappa shape index (κ2) is 36.2. The first kappa shape index (κ1) is 68.2. The van der Waals surface area contributed by atoms with Gasteiger partial charge in [0.15, 0.2) is 24.7 Å². The molecule has 0 unspecified atom stereocenters. The summed E-state index contributed by atoms with van der Waals surface area (Å²) in [5.41, 5.74) is 0. The number of hydrogen-bond acceptors (Lipinski definition) is 18. The van der Waals surface area contributed by atoms with Crippen LogP contribution in [0.1, 0.15) is 88.5 Å². The van der Waals surface area contributed by atoms with Gasteiger partial charge >= 0.3 is 0 Å². The Balaban J connectivity index is 6.66. The van der Waals surface area contributed by atoms with Crippen molar-refractivity contribution in [1.82, 2.24) is 74.0 Å². The van der Waals surface area contributed by atoms with E-state index in [-0.39, 0.29) is 24.8 Å². The Morgan fingerprint density at radius 3 is 1.52 bits per heavy atom. The minimum Gasteiger partial charge on any atom is -0.351 e. The topological polar surface area (TPSA) is 382 Å². The zero-order chi connectivity index (χ0) is 57.5. The van der Waals surface area contributed by atoms with Gasteiger partial charge in [-0.25, -0.2) is 0 Å². The highest BCUT2D eigenvalue weighted by Gasteiger charge is 2.38. The zero-order valence-corrected chi connectivity index (χ0v) is 45.0. The Bertz CT molecular complexity index is 1970. The van der Waals surface area contributed by atoms with E-state index >= 15 is 0 Å². The van der Waals surface area contributed by atoms with Gasteiger partial charge in [-0.2, -0.15) is 0 Å². The highest BCUT2D eigenvalue weighted by Crippen LogP contribution is 2.08. The number of carbonyl (C=O) groups is 13. The van der Waals surface area contributed by atoms with Gasteiger partial charge in [0.05, 0.1) is 24.7 Å². The molecule has 0 aromatic heterocycles. The number of carbonyl (C=O) groups excluding carboxylic acids is 13. The lowest BCUT2D eigenvalue weighted by Gasteiger charge is -2.35. The monoisotopic (exact) mass is 1060 g/mol. The molecule has 0 spiro atoms. The molecule has 0 radical (unpaired) electrons. The van der Waals surface area contributed by atoms with Crippen molar-refractivity contribution in [2.75, 3.05) is 26.7 Å². The fraction of sp³-hybridized carbons (Fsp3) is 0.646. The molecule has 0 aromatic carbocycles. The van der Waals surface area contributed by atoms with Gasteiger partial charge in [0.2, 0.25) is 29.5 Å². The molecule has 0 saturated heterocycles. The number of rotatable bonds is 39. The Hall–Kier alpha value is -6.81. The third-order valence-corrected chi connectivity index (χ3v) is 10.8. The Morgan fingerprint density at radius 1 is 0.533 bits per heavy atom. The van der Waals surface area contributed by atoms with Crippen LogP contribution in [0.4, 0.5) is 0 Å². The summed E-state index contributed by atoms with van der Waals surface area (Å²) < 4.78 is 0. The van der Waals surface area contributed by atoms with Crippen LogP contribution in [0, 0.1) is 11.8 Å². The molecule has 12 atom stereocenters. The lowest BCUT2D eigenvalue weighted by Crippen LogP contribution is -2.67. The standard InChI is InChI=1S/C48H82N14O13/c1-14-16-17-36(67)53-30(9)43(70)61-39(58-35(25-66)27(5)6)48(75)62(19-15-2)40(50-18-20-63)47(74)56-32(11)42(69)54-33(12)44(71)59-38(57-34(24-65)21-26(3)4)46(73)60-37(51-29(8)23-64)45(72)55-31(10)41(68)52-28(7)22-49-13/h14-15,20,23-35,37-40,49-51,57-58H,1-2,16-19,21-22H2,3-13H3,(H,52,68)(H,53,67)(H,54,69)(H,55,72)(H,56,74)(H,59,71)(H,60,73)(H,61,70)/t28-,29-,30-,31-,32-,33-,34+,35-,37+,38+,39+,40+/m0/s1. The highest BCUT2D eigenvalue weighted by atomic mass is 16.2. The number of aldehydes is 4. The fourth-order valence-corrected chi connectivity index (χ4v) is 6.66. The first-order valence-electron chi connectivity index (χ1n) is 24.7. The maximum atomic E-state index is 14.4. The molecule has 27 nitrogen and oxygen atoms in total. The van der Waals surface area contributed by atoms with Gasteiger partial charge in [0, 0.05) is 25.6 Å². The van der Waals surface area contributed by atoms with Gasteiger partial charge in [-0.3, -0.25) is 64.4 Å². The highest BCUT2D eigenvalue weighted by molar-refractivity contribution is 5.98. The van der Waals surface area contributed by atoms with Crippen molar-refractivity contribution in [3.63, 3.8) is 0 Å². The van der Waals surface area contributed by atoms with E-state index in [1.165, 1.54) is 46.8 Å². The molecule has 0 heterocycles. The van der Waals surface area contributed by atoms with Crippen molar-refractivity contribution in [2.45, 2.75) is 161 Å². The lowest BCUT2D eigenvalue weighted by molar-refractivity contribution is -0.146. The molecule has 0 rings (SSSR count). The molecule has 27 heteroatoms. The predicted octanol–water partition coefficient (Wildman–Crippen LogP) is -4.66. The maximum absolute atomic E-state index is 14.4. The van der Waals surface area contributed by atoms with E-state index in [2.05, 4.69) is 82.3 Å². The van der Waals surface area contributed by atoms with Crippen LogP contribution in [-0.4, -0.2) is 183 Å². The van der Waals surface area contributed by atoms with Gasteiger partial charge in [0.25, 0.3) is 23.6 Å². The van der Waals surface area contributed by atoms with E-state index in [1.807, 2.05) is 0 Å². The fourth-order valence-electron chi connectivity index (χ4n) is 6.66. The van der Waals surface area contributed by atoms with Crippen molar-refractivity contribution >= 4 is 78.3 Å². The number of hydrogen-bond donors (Lipinski definition) is 13. The summed E-state index contributed by atoms with van der Waals surface area (Å²) in [4.78, 5) is 170. The number of amides is 9. The van der Waals surface area contributed by atoms with E-state index in [1.54, 1.807) is 41.7 Å². The van der Waals surface area contributed by atoms with Crippen LogP contribution in [0.2, 0.25) is 0 Å². The number of allylic oxidation sites excluding steroid dienone is 1. The maximum Gasteiger partial charge on any atom is 0.262 e. The molecule has 0 aromatic rings. The molecule has 0 aliphatic heterocycles. The molecule has 0 saturated carbocycles. The van der Waals surface area contributed by atoms with Crippen molar-refractivity contribution in [2.24, 2.45) is 11.8 Å². The Morgan fingerprint density at radius 2 is 1.03 bits per heavy atom. The SMILES string of the molecule is C=CCCC(=O)N[C@@H](C)C(=O)N[C@@H](N[C@@H](C=O)C(C)C)C(=O)N(CC=C)[C@@H](NCC=O)C(=O)N[C@@H](C)C(=O)N[C@@H](C)C(=O)N[C@@H](N[C@@H](C=O)CC(C)C)C(=O)N[C@@H](N[C@@H](C)C=O)C(=O)N[C@@H](C)C(=O)N[C@@H](C)CNC. The summed E-state index contributed by atoms with van der Waals surface area (Å²) >= 11 is 0. The van der Waals surface area contributed by atoms with Gasteiger partial charge in [0.1, 0.15) is 49.3 Å². The first-order chi connectivity index (χ1) is 35.2. The average Bonchev–Trinajstić information content (AvgIpc) is 3.34. The smallest absolute Gasteiger partial charge is 0.262 e. The molecule has 0 aliphatic rings. The van der Waals surface area contributed by atoms with Crippen LogP contribution in [0.15, 0.2) is 25.3 Å². The van der Waals surface area contributed by atoms with E-state index in [0.29, 0.717) is 38.1 Å². The third-order valence-electron chi connectivity index (χ3n) is 10.8. The largest absolute Gasteiger partial charge is 0.351 e. The van der Waals surface area contributed by atoms with Gasteiger partial charge in [-0.05, 0) is 73.3 Å². The Labute approximate surface area is 439 Å². The summed E-state index contributed by atoms with van der Waals surface area (Å²) in [5, 5.41) is 33.3. The molecule has 75 heavy (non-hydrogen) atoms. The van der Waals surface area contributed by atoms with Gasteiger partial charge in [-0.15, -0.1) is 13.2 Å². The number of nitrogens with one attached hydrogen (secondary N) is 13. The molecule has 0 fully saturated rings. The van der Waals surface area contributed by atoms with Gasteiger partial charge in [-0.1, -0.05) is 39.8 Å². The minimum absolute atomic E-state index is 0.0305. The third kappa shape index (κ3) is 25.8. The average molecular weight is 1060 g/mol. The van der Waals surface area contributed by atoms with Crippen LogP contribution in [0.5, 0.6) is 0 Å². The van der Waals surface area contributed by atoms with Crippen molar-refractivity contribution in [1.29, 1.82) is 0 Å². The van der Waals surface area contributed by atoms with Crippen LogP contribution < -0.4 is 69.1 Å². The molecule has 0 aliphatic carbocycles. The second-order valence-electron chi connectivity index (χ2n) is 18.6. The van der Waals surface area contributed by atoms with Gasteiger partial charge < -0.3 is 71.9 Å². The van der Waals surface area contributed by atoms with Crippen LogP contribution in [-0.2, 0) is 62.3 Å². The van der Waals surface area contributed by atoms with Crippen LogP contribution in [0.25, 0.3) is 0 Å². The second-order valence-corrected chi connectivity index (χ2v) is 18.6. The number of likely N-dealkylation sites (N-methyl/N-ethyl adjacent to an activating group) is 1. The van der Waals surface area contributed by atoms with Crippen molar-refractivity contribution in [3.8, 4) is 0 Å². The van der Waals surface area contributed by atoms with E-state index in [0.717, 1.165) is 4.90 Å². The first-order valence-corrected chi connectivity index (χ1v) is 24.7. The van der Waals surface area contributed by atoms with E-state index < -0.39 is 139 Å². The zero-order valence-electron chi connectivity index (χ0n) is 45.0. The Kier molecular flexibility index (Phi) is 32.9. The van der Waals surface area contributed by atoms with E-state index in [4.69, 9.17) is 0 Å². The van der Waals surface area contributed by atoms with E-state index in [9.17, 15) is 62.3 Å². The van der Waals surface area contributed by atoms with Crippen molar-refractivity contribution < 1.29 is 62.3 Å². The van der Waals surface area contributed by atoms with Crippen LogP contribution >= 0.6 is 0 Å². The lowest BCUT2D eigenvalue weighted by atomic mass is 10.0. The minimum atomic E-state index is -1.76. The van der Waals surface area contributed by atoms with Crippen molar-refractivity contribution in [3.05, 3.63) is 25.3 Å². The normalized spacial score (nSPS) is 15.9. The summed E-state index contributed by atoms with van der Waals surface area (Å²) in [7, 11) is 1.69. The summed E-state index contributed by atoms with van der Waals surface area (Å²) in [6, 6.07) is -8.59. The molecular formula is C48H82N14O13. The molecule has 9 amide bonds. The quantitative estimate of drug-likeness (QED) is 0.0156.